The first-order valence-corrected chi connectivity index (χ1v) is 7.36. The van der Waals surface area contributed by atoms with Crippen molar-refractivity contribution in [2.45, 2.75) is 39.5 Å². The molecule has 0 radical (unpaired) electrons. The highest BCUT2D eigenvalue weighted by Gasteiger charge is 2.16. The number of hydrogen-bond acceptors (Lipinski definition) is 3. The number of aryl methyl sites for hydroxylation is 2. The molecule has 1 aliphatic carbocycles. The lowest BCUT2D eigenvalue weighted by atomic mass is 10.1. The molecule has 0 aromatic carbocycles. The predicted octanol–water partition coefficient (Wildman–Crippen LogP) is 2.64. The number of hydrazine groups is 1. The molecule has 0 saturated carbocycles. The quantitative estimate of drug-likeness (QED) is 0.852. The second-order valence-electron chi connectivity index (χ2n) is 5.53. The Kier molecular flexibility index (Phi) is 3.64. The van der Waals surface area contributed by atoms with Gasteiger partial charge in [-0.2, -0.15) is 0 Å². The van der Waals surface area contributed by atoms with Crippen LogP contribution < -0.4 is 10.9 Å². The van der Waals surface area contributed by atoms with Gasteiger partial charge >= 0.3 is 0 Å². The maximum absolute atomic E-state index is 12.4. The van der Waals surface area contributed by atoms with E-state index in [1.165, 1.54) is 12.8 Å². The Morgan fingerprint density at radius 3 is 2.95 bits per heavy atom. The van der Waals surface area contributed by atoms with E-state index in [0.717, 1.165) is 35.4 Å². The summed E-state index contributed by atoms with van der Waals surface area (Å²) in [6.07, 6.45) is 8.50. The van der Waals surface area contributed by atoms with Gasteiger partial charge in [0.2, 0.25) is 0 Å². The molecule has 0 unspecified atom stereocenters. The molecule has 21 heavy (non-hydrogen) atoms. The van der Waals surface area contributed by atoms with Crippen LogP contribution in [0.4, 0.5) is 0 Å². The summed E-state index contributed by atoms with van der Waals surface area (Å²) in [6, 6.07) is 3.95. The predicted molar refractivity (Wildman–Crippen MR) is 81.8 cm³/mol. The molecule has 3 rings (SSSR count). The minimum Gasteiger partial charge on any atom is -0.303 e. The van der Waals surface area contributed by atoms with E-state index in [0.29, 0.717) is 5.69 Å². The van der Waals surface area contributed by atoms with Gasteiger partial charge < -0.3 is 5.43 Å². The number of amides is 1. The topological polar surface area (TPSA) is 58.4 Å². The molecule has 2 N–H and O–H groups in total. The van der Waals surface area contributed by atoms with E-state index in [4.69, 9.17) is 0 Å². The summed E-state index contributed by atoms with van der Waals surface area (Å²) in [4.78, 5) is 16.9. The van der Waals surface area contributed by atoms with Crippen molar-refractivity contribution < 1.29 is 4.79 Å². The fourth-order valence-corrected chi connectivity index (χ4v) is 2.69. The highest BCUT2D eigenvalue weighted by atomic mass is 16.2. The Morgan fingerprint density at radius 1 is 1.33 bits per heavy atom. The van der Waals surface area contributed by atoms with Crippen LogP contribution in [0.1, 0.15) is 47.4 Å². The van der Waals surface area contributed by atoms with Gasteiger partial charge in [0.15, 0.2) is 0 Å². The lowest BCUT2D eigenvalue weighted by molar-refractivity contribution is 0.0931. The number of rotatable bonds is 3. The molecule has 2 aromatic heterocycles. The maximum atomic E-state index is 12.4. The van der Waals surface area contributed by atoms with Crippen LogP contribution in [0.2, 0.25) is 0 Å². The number of pyridine rings is 1. The minimum atomic E-state index is -0.157. The van der Waals surface area contributed by atoms with Gasteiger partial charge in [-0.25, -0.2) is 4.98 Å². The largest absolute Gasteiger partial charge is 0.303 e. The van der Waals surface area contributed by atoms with Gasteiger partial charge in [-0.15, -0.1) is 0 Å². The monoisotopic (exact) mass is 284 g/mol. The number of fused-ring (bicyclic) bond motifs is 1. The van der Waals surface area contributed by atoms with Gasteiger partial charge in [0.1, 0.15) is 11.3 Å². The maximum Gasteiger partial charge on any atom is 0.288 e. The molecule has 0 atom stereocenters. The zero-order chi connectivity index (χ0) is 14.8. The van der Waals surface area contributed by atoms with Crippen LogP contribution in [-0.2, 0) is 0 Å². The standard InChI is InChI=1S/C16H20N4O/c1-11-8-9-20-14(10-11)17-12(2)15(20)16(21)19-18-13-6-4-3-5-7-13/h6,8-10,18H,3-5,7H2,1-2H3,(H,19,21). The summed E-state index contributed by atoms with van der Waals surface area (Å²) in [5.41, 5.74) is 10.2. The molecular weight excluding hydrogens is 264 g/mol. The third-order valence-corrected chi connectivity index (χ3v) is 3.80. The average Bonchev–Trinajstić information content (AvgIpc) is 2.81. The Balaban J connectivity index is 1.81. The highest BCUT2D eigenvalue weighted by Crippen LogP contribution is 2.15. The normalized spacial score (nSPS) is 14.9. The van der Waals surface area contributed by atoms with Crippen LogP contribution in [0.5, 0.6) is 0 Å². The van der Waals surface area contributed by atoms with Crippen molar-refractivity contribution in [1.82, 2.24) is 20.2 Å². The number of carbonyl (C=O) groups is 1. The molecule has 1 aliphatic rings. The Morgan fingerprint density at radius 2 is 2.19 bits per heavy atom. The Bertz CT molecular complexity index is 714. The summed E-state index contributed by atoms with van der Waals surface area (Å²) in [5.74, 6) is -0.157. The molecule has 0 fully saturated rings. The van der Waals surface area contributed by atoms with E-state index in [9.17, 15) is 4.79 Å². The number of imidazole rings is 1. The number of nitrogens with zero attached hydrogens (tertiary/aromatic N) is 2. The summed E-state index contributed by atoms with van der Waals surface area (Å²) in [6.45, 7) is 3.87. The average molecular weight is 284 g/mol. The van der Waals surface area contributed by atoms with Crippen molar-refractivity contribution in [3.05, 3.63) is 47.1 Å². The zero-order valence-electron chi connectivity index (χ0n) is 12.4. The van der Waals surface area contributed by atoms with Crippen molar-refractivity contribution in [1.29, 1.82) is 0 Å². The summed E-state index contributed by atoms with van der Waals surface area (Å²) in [5, 5.41) is 0. The molecule has 5 heteroatoms. The van der Waals surface area contributed by atoms with Crippen molar-refractivity contribution >= 4 is 11.6 Å². The van der Waals surface area contributed by atoms with Crippen LogP contribution in [0.15, 0.2) is 30.1 Å². The lowest BCUT2D eigenvalue weighted by Gasteiger charge is -2.15. The van der Waals surface area contributed by atoms with Crippen LogP contribution >= 0.6 is 0 Å². The molecule has 2 heterocycles. The van der Waals surface area contributed by atoms with E-state index in [-0.39, 0.29) is 5.91 Å². The summed E-state index contributed by atoms with van der Waals surface area (Å²) >= 11 is 0. The molecule has 0 spiro atoms. The number of carbonyl (C=O) groups excluding carboxylic acids is 1. The van der Waals surface area contributed by atoms with E-state index in [2.05, 4.69) is 21.9 Å². The van der Waals surface area contributed by atoms with Gasteiger partial charge in [0.25, 0.3) is 5.91 Å². The van der Waals surface area contributed by atoms with Crippen LogP contribution in [0.25, 0.3) is 5.65 Å². The van der Waals surface area contributed by atoms with Gasteiger partial charge in [0.05, 0.1) is 5.69 Å². The molecule has 2 aromatic rings. The molecule has 1 amide bonds. The van der Waals surface area contributed by atoms with E-state index in [1.54, 1.807) is 0 Å². The third kappa shape index (κ3) is 2.77. The van der Waals surface area contributed by atoms with Gasteiger partial charge in [0, 0.05) is 11.9 Å². The lowest BCUT2D eigenvalue weighted by Crippen LogP contribution is -2.38. The van der Waals surface area contributed by atoms with Crippen LogP contribution in [-0.4, -0.2) is 15.3 Å². The molecule has 0 bridgehead atoms. The number of allylic oxidation sites excluding steroid dienone is 2. The van der Waals surface area contributed by atoms with Crippen LogP contribution in [0, 0.1) is 13.8 Å². The fraction of sp³-hybridized carbons (Fsp3) is 0.375. The van der Waals surface area contributed by atoms with Gasteiger partial charge in [-0.3, -0.25) is 14.6 Å². The highest BCUT2D eigenvalue weighted by molar-refractivity contribution is 5.94. The van der Waals surface area contributed by atoms with Crippen LogP contribution in [0.3, 0.4) is 0 Å². The summed E-state index contributed by atoms with van der Waals surface area (Å²) < 4.78 is 1.83. The van der Waals surface area contributed by atoms with Gasteiger partial charge in [-0.05, 0) is 57.2 Å². The van der Waals surface area contributed by atoms with Crippen molar-refractivity contribution in [2.75, 3.05) is 0 Å². The SMILES string of the molecule is Cc1ccn2c(C(=O)NNC3=CCCCC3)c(C)nc2c1. The Labute approximate surface area is 124 Å². The van der Waals surface area contributed by atoms with E-state index >= 15 is 0 Å². The third-order valence-electron chi connectivity index (χ3n) is 3.80. The Hall–Kier alpha value is -2.30. The second kappa shape index (κ2) is 5.60. The molecule has 110 valence electrons. The number of hydrogen-bond donors (Lipinski definition) is 2. The summed E-state index contributed by atoms with van der Waals surface area (Å²) in [7, 11) is 0. The first-order chi connectivity index (χ1) is 10.1. The fourth-order valence-electron chi connectivity index (χ4n) is 2.69. The smallest absolute Gasteiger partial charge is 0.288 e. The molecule has 0 saturated heterocycles. The first kappa shape index (κ1) is 13.7. The molecular formula is C16H20N4O. The second-order valence-corrected chi connectivity index (χ2v) is 5.53. The molecule has 5 nitrogen and oxygen atoms in total. The zero-order valence-corrected chi connectivity index (χ0v) is 12.4. The minimum absolute atomic E-state index is 0.157. The van der Waals surface area contributed by atoms with Gasteiger partial charge in [-0.1, -0.05) is 6.08 Å². The van der Waals surface area contributed by atoms with Crippen molar-refractivity contribution in [3.63, 3.8) is 0 Å². The number of nitrogens with one attached hydrogen (secondary N) is 2. The van der Waals surface area contributed by atoms with E-state index < -0.39 is 0 Å². The van der Waals surface area contributed by atoms with Crippen molar-refractivity contribution in [2.24, 2.45) is 0 Å². The number of aromatic nitrogens is 2. The van der Waals surface area contributed by atoms with Crippen molar-refractivity contribution in [3.8, 4) is 0 Å². The molecule has 0 aliphatic heterocycles. The van der Waals surface area contributed by atoms with E-state index in [1.807, 2.05) is 36.6 Å². The first-order valence-electron chi connectivity index (χ1n) is 7.36.